The molecule has 27 heavy (non-hydrogen) atoms. The Labute approximate surface area is 157 Å². The Morgan fingerprint density at radius 1 is 1.15 bits per heavy atom. The fraction of sp³-hybridized carbons (Fsp3) is 0.250. The van der Waals surface area contributed by atoms with Crippen LogP contribution in [-0.2, 0) is 11.3 Å². The Morgan fingerprint density at radius 2 is 1.93 bits per heavy atom. The van der Waals surface area contributed by atoms with E-state index in [4.69, 9.17) is 0 Å². The molecule has 0 aliphatic rings. The molecule has 1 aromatic carbocycles. The van der Waals surface area contributed by atoms with Crippen molar-refractivity contribution in [2.75, 3.05) is 5.32 Å². The molecule has 2 aromatic heterocycles. The summed E-state index contributed by atoms with van der Waals surface area (Å²) in [5.41, 5.74) is 4.08. The first-order valence-corrected chi connectivity index (χ1v) is 8.58. The molecule has 0 unspecified atom stereocenters. The van der Waals surface area contributed by atoms with Crippen molar-refractivity contribution >= 4 is 11.6 Å². The number of nitrogens with zero attached hydrogens (tertiary/aromatic N) is 4. The van der Waals surface area contributed by atoms with Gasteiger partial charge in [-0.15, -0.1) is 0 Å². The van der Waals surface area contributed by atoms with Crippen LogP contribution in [-0.4, -0.2) is 25.4 Å². The second-order valence-corrected chi connectivity index (χ2v) is 6.49. The second-order valence-electron chi connectivity index (χ2n) is 6.49. The molecule has 1 amide bonds. The van der Waals surface area contributed by atoms with Gasteiger partial charge in [0.25, 0.3) is 5.56 Å². The number of hydrogen-bond donors (Lipinski definition) is 1. The maximum Gasteiger partial charge on any atom is 0.257 e. The molecular formula is C20H21N5O2. The van der Waals surface area contributed by atoms with Crippen molar-refractivity contribution in [2.45, 2.75) is 34.2 Å². The number of rotatable bonds is 4. The molecule has 1 N–H and O–H groups in total. The lowest BCUT2D eigenvalue weighted by Gasteiger charge is -2.15. The highest BCUT2D eigenvalue weighted by atomic mass is 16.2. The number of aromatic nitrogens is 4. The van der Waals surface area contributed by atoms with Gasteiger partial charge in [0.1, 0.15) is 12.2 Å². The highest BCUT2D eigenvalue weighted by Gasteiger charge is 2.17. The maximum absolute atomic E-state index is 12.8. The van der Waals surface area contributed by atoms with Gasteiger partial charge in [-0.2, -0.15) is 0 Å². The largest absolute Gasteiger partial charge is 0.324 e. The summed E-state index contributed by atoms with van der Waals surface area (Å²) >= 11 is 0. The van der Waals surface area contributed by atoms with Gasteiger partial charge in [0.05, 0.1) is 6.20 Å². The van der Waals surface area contributed by atoms with Crippen molar-refractivity contribution in [2.24, 2.45) is 0 Å². The Morgan fingerprint density at radius 3 is 2.59 bits per heavy atom. The number of benzene rings is 1. The molecule has 3 aromatic rings. The van der Waals surface area contributed by atoms with E-state index in [1.165, 1.54) is 17.0 Å². The molecule has 0 saturated carbocycles. The Kier molecular flexibility index (Phi) is 5.12. The monoisotopic (exact) mass is 363 g/mol. The summed E-state index contributed by atoms with van der Waals surface area (Å²) in [6.07, 6.45) is 4.59. The minimum absolute atomic E-state index is 0.161. The summed E-state index contributed by atoms with van der Waals surface area (Å²) in [5.74, 6) is 0.0197. The molecule has 7 nitrogen and oxygen atoms in total. The molecular weight excluding hydrogens is 342 g/mol. The fourth-order valence-electron chi connectivity index (χ4n) is 2.80. The molecule has 0 atom stereocenters. The summed E-state index contributed by atoms with van der Waals surface area (Å²) in [7, 11) is 0. The fourth-order valence-corrected chi connectivity index (χ4v) is 2.80. The van der Waals surface area contributed by atoms with E-state index in [0.717, 1.165) is 16.8 Å². The third-order valence-corrected chi connectivity index (χ3v) is 4.39. The van der Waals surface area contributed by atoms with Crippen molar-refractivity contribution < 1.29 is 4.79 Å². The minimum Gasteiger partial charge on any atom is -0.324 e. The van der Waals surface area contributed by atoms with Gasteiger partial charge in [0, 0.05) is 29.3 Å². The third kappa shape index (κ3) is 3.92. The van der Waals surface area contributed by atoms with Crippen molar-refractivity contribution in [3.63, 3.8) is 0 Å². The van der Waals surface area contributed by atoms with Gasteiger partial charge >= 0.3 is 0 Å². The van der Waals surface area contributed by atoms with Crippen molar-refractivity contribution in [1.82, 2.24) is 19.5 Å². The highest BCUT2D eigenvalue weighted by Crippen LogP contribution is 2.17. The van der Waals surface area contributed by atoms with Crippen LogP contribution in [0.1, 0.15) is 22.4 Å². The summed E-state index contributed by atoms with van der Waals surface area (Å²) in [6.45, 7) is 7.22. The average Bonchev–Trinajstić information content (AvgIpc) is 2.65. The lowest BCUT2D eigenvalue weighted by molar-refractivity contribution is -0.116. The zero-order chi connectivity index (χ0) is 19.6. The van der Waals surface area contributed by atoms with Crippen molar-refractivity contribution in [1.29, 1.82) is 0 Å². The van der Waals surface area contributed by atoms with E-state index in [2.05, 4.69) is 20.3 Å². The quantitative estimate of drug-likeness (QED) is 0.769. The lowest BCUT2D eigenvalue weighted by Crippen LogP contribution is -2.32. The first-order chi connectivity index (χ1) is 12.9. The SMILES string of the molecule is Cc1ccc(NC(=O)Cn2c(-c3cnccn3)nc(C)c(C)c2=O)c(C)c1. The minimum atomic E-state index is -0.306. The second kappa shape index (κ2) is 7.49. The normalized spacial score (nSPS) is 10.7. The standard InChI is InChI=1S/C20H21N5O2/c1-12-5-6-16(13(2)9-12)24-18(26)11-25-19(17-10-21-7-8-22-17)23-15(4)14(3)20(25)27/h5-10H,11H2,1-4H3,(H,24,26). The number of hydrogen-bond acceptors (Lipinski definition) is 5. The topological polar surface area (TPSA) is 89.8 Å². The van der Waals surface area contributed by atoms with E-state index in [1.807, 2.05) is 32.0 Å². The van der Waals surface area contributed by atoms with Gasteiger partial charge in [-0.1, -0.05) is 17.7 Å². The molecule has 3 rings (SSSR count). The number of nitrogens with one attached hydrogen (secondary N) is 1. The Bertz CT molecular complexity index is 1060. The van der Waals surface area contributed by atoms with Crippen LogP contribution < -0.4 is 10.9 Å². The van der Waals surface area contributed by atoms with Gasteiger partial charge in [0.15, 0.2) is 5.82 Å². The van der Waals surface area contributed by atoms with Gasteiger partial charge in [-0.05, 0) is 39.3 Å². The maximum atomic E-state index is 12.8. The molecule has 0 radical (unpaired) electrons. The molecule has 0 spiro atoms. The molecule has 7 heteroatoms. The van der Waals surface area contributed by atoms with Crippen LogP contribution in [0.4, 0.5) is 5.69 Å². The van der Waals surface area contributed by atoms with Crippen LogP contribution in [0, 0.1) is 27.7 Å². The zero-order valence-corrected chi connectivity index (χ0v) is 15.8. The number of aryl methyl sites for hydroxylation is 3. The number of carbonyl (C=O) groups excluding carboxylic acids is 1. The smallest absolute Gasteiger partial charge is 0.257 e. The van der Waals surface area contributed by atoms with E-state index < -0.39 is 0 Å². The third-order valence-electron chi connectivity index (χ3n) is 4.39. The lowest BCUT2D eigenvalue weighted by atomic mass is 10.1. The van der Waals surface area contributed by atoms with Crippen LogP contribution in [0.15, 0.2) is 41.6 Å². The molecule has 0 fully saturated rings. The molecule has 0 saturated heterocycles. The zero-order valence-electron chi connectivity index (χ0n) is 15.8. The average molecular weight is 363 g/mol. The van der Waals surface area contributed by atoms with Gasteiger partial charge < -0.3 is 5.32 Å². The predicted molar refractivity (Wildman–Crippen MR) is 104 cm³/mol. The van der Waals surface area contributed by atoms with Crippen LogP contribution in [0.25, 0.3) is 11.5 Å². The number of amides is 1. The summed E-state index contributed by atoms with van der Waals surface area (Å²) in [6, 6.07) is 5.77. The molecule has 2 heterocycles. The summed E-state index contributed by atoms with van der Waals surface area (Å²) < 4.78 is 1.34. The molecule has 0 bridgehead atoms. The van der Waals surface area contributed by atoms with E-state index in [1.54, 1.807) is 20.0 Å². The van der Waals surface area contributed by atoms with Crippen LogP contribution in [0.5, 0.6) is 0 Å². The number of anilines is 1. The molecule has 0 aliphatic carbocycles. The molecule has 0 aliphatic heterocycles. The van der Waals surface area contributed by atoms with Crippen LogP contribution in [0.3, 0.4) is 0 Å². The van der Waals surface area contributed by atoms with Gasteiger partial charge in [-0.25, -0.2) is 9.97 Å². The van der Waals surface area contributed by atoms with Crippen molar-refractivity contribution in [3.8, 4) is 11.5 Å². The van der Waals surface area contributed by atoms with E-state index in [9.17, 15) is 9.59 Å². The summed E-state index contributed by atoms with van der Waals surface area (Å²) in [5, 5.41) is 2.86. The Hall–Kier alpha value is -3.35. The first-order valence-electron chi connectivity index (χ1n) is 8.58. The predicted octanol–water partition coefficient (Wildman–Crippen LogP) is 2.57. The van der Waals surface area contributed by atoms with E-state index >= 15 is 0 Å². The van der Waals surface area contributed by atoms with Crippen molar-refractivity contribution in [3.05, 3.63) is 69.5 Å². The molecule has 138 valence electrons. The highest BCUT2D eigenvalue weighted by molar-refractivity contribution is 5.91. The van der Waals surface area contributed by atoms with E-state index in [0.29, 0.717) is 22.8 Å². The first kappa shape index (κ1) is 18.4. The van der Waals surface area contributed by atoms with E-state index in [-0.39, 0.29) is 18.0 Å². The van der Waals surface area contributed by atoms with Crippen LogP contribution >= 0.6 is 0 Å². The number of carbonyl (C=O) groups is 1. The van der Waals surface area contributed by atoms with Crippen LogP contribution in [0.2, 0.25) is 0 Å². The summed E-state index contributed by atoms with van der Waals surface area (Å²) in [4.78, 5) is 38.1. The van der Waals surface area contributed by atoms with Gasteiger partial charge in [0.2, 0.25) is 5.91 Å². The van der Waals surface area contributed by atoms with Gasteiger partial charge in [-0.3, -0.25) is 19.1 Å². The Balaban J connectivity index is 1.97.